The molecule has 0 aliphatic heterocycles. The molecular weight excluding hydrogens is 320 g/mol. The molecule has 0 saturated heterocycles. The van der Waals surface area contributed by atoms with Gasteiger partial charge in [0.25, 0.3) is 11.8 Å². The number of rotatable bonds is 5. The number of ether oxygens (including phenoxy) is 1. The number of hydrogen-bond acceptors (Lipinski definition) is 5. The van der Waals surface area contributed by atoms with Gasteiger partial charge in [-0.2, -0.15) is 5.26 Å². The van der Waals surface area contributed by atoms with Crippen LogP contribution >= 0.6 is 0 Å². The van der Waals surface area contributed by atoms with Crippen LogP contribution in [-0.2, 0) is 4.79 Å². The lowest BCUT2D eigenvalue weighted by molar-refractivity contribution is -0.112. The molecule has 0 atom stereocenters. The zero-order valence-electron chi connectivity index (χ0n) is 13.4. The predicted octanol–water partition coefficient (Wildman–Crippen LogP) is 2.05. The number of nitrogens with one attached hydrogen (secondary N) is 2. The molecule has 126 valence electrons. The number of carbonyl (C=O) groups excluding carboxylic acids is 2. The van der Waals surface area contributed by atoms with Crippen molar-refractivity contribution in [2.24, 2.45) is 0 Å². The number of benzene rings is 2. The Labute approximate surface area is 144 Å². The van der Waals surface area contributed by atoms with Gasteiger partial charge < -0.3 is 21.1 Å². The number of nitrogens with zero attached hydrogens (tertiary/aromatic N) is 1. The van der Waals surface area contributed by atoms with E-state index in [1.165, 1.54) is 7.11 Å². The number of nitrogens with two attached hydrogens (primary N) is 1. The molecule has 25 heavy (non-hydrogen) atoms. The molecule has 2 aromatic rings. The van der Waals surface area contributed by atoms with E-state index in [9.17, 15) is 9.59 Å². The van der Waals surface area contributed by atoms with Gasteiger partial charge in [-0.05, 0) is 24.3 Å². The largest absolute Gasteiger partial charge is 0.495 e. The number of hydrogen-bond donors (Lipinski definition) is 3. The van der Waals surface area contributed by atoms with Gasteiger partial charge in [0.15, 0.2) is 0 Å². The van der Waals surface area contributed by atoms with Gasteiger partial charge in [0.05, 0.1) is 18.4 Å². The fourth-order valence-electron chi connectivity index (χ4n) is 2.01. The molecule has 0 unspecified atom stereocenters. The third-order valence-electron chi connectivity index (χ3n) is 3.27. The average molecular weight is 336 g/mol. The molecule has 7 heteroatoms. The molecule has 2 aromatic carbocycles. The summed E-state index contributed by atoms with van der Waals surface area (Å²) >= 11 is 0. The molecule has 7 nitrogen and oxygen atoms in total. The number of anilines is 2. The number of methoxy groups -OCH3 is 1. The SMILES string of the molecule is COc1ccccc1NC(=O)/C(C#N)=C\NC(=O)c1ccccc1N. The number of nitrogen functional groups attached to an aromatic ring is 1. The summed E-state index contributed by atoms with van der Waals surface area (Å²) in [6.45, 7) is 0. The van der Waals surface area contributed by atoms with Gasteiger partial charge in [0.2, 0.25) is 0 Å². The van der Waals surface area contributed by atoms with E-state index in [1.807, 2.05) is 0 Å². The lowest BCUT2D eigenvalue weighted by atomic mass is 10.1. The third-order valence-corrected chi connectivity index (χ3v) is 3.27. The second-order valence-electron chi connectivity index (χ2n) is 4.88. The fourth-order valence-corrected chi connectivity index (χ4v) is 2.01. The third kappa shape index (κ3) is 4.36. The second kappa shape index (κ2) is 8.17. The first kappa shape index (κ1) is 17.6. The highest BCUT2D eigenvalue weighted by atomic mass is 16.5. The topological polar surface area (TPSA) is 117 Å². The molecule has 0 radical (unpaired) electrons. The van der Waals surface area contributed by atoms with E-state index in [1.54, 1.807) is 54.6 Å². The van der Waals surface area contributed by atoms with Crippen molar-refractivity contribution in [3.05, 3.63) is 65.9 Å². The van der Waals surface area contributed by atoms with Crippen LogP contribution in [0.5, 0.6) is 5.75 Å². The minimum Gasteiger partial charge on any atom is -0.495 e. The van der Waals surface area contributed by atoms with Crippen molar-refractivity contribution in [3.8, 4) is 11.8 Å². The Kier molecular flexibility index (Phi) is 5.74. The number of carbonyl (C=O) groups is 2. The normalized spacial score (nSPS) is 10.5. The Bertz CT molecular complexity index is 869. The molecule has 0 spiro atoms. The van der Waals surface area contributed by atoms with Crippen LogP contribution in [0.3, 0.4) is 0 Å². The van der Waals surface area contributed by atoms with E-state index in [0.29, 0.717) is 17.1 Å². The summed E-state index contributed by atoms with van der Waals surface area (Å²) in [5.74, 6) is -0.737. The lowest BCUT2D eigenvalue weighted by Gasteiger charge is -2.09. The molecule has 0 fully saturated rings. The Morgan fingerprint density at radius 1 is 1.16 bits per heavy atom. The Morgan fingerprint density at radius 2 is 1.84 bits per heavy atom. The Hall–Kier alpha value is -3.79. The minimum absolute atomic E-state index is 0.251. The monoisotopic (exact) mass is 336 g/mol. The molecule has 0 saturated carbocycles. The minimum atomic E-state index is -0.673. The van der Waals surface area contributed by atoms with Crippen molar-refractivity contribution in [3.63, 3.8) is 0 Å². The Morgan fingerprint density at radius 3 is 2.52 bits per heavy atom. The second-order valence-corrected chi connectivity index (χ2v) is 4.88. The summed E-state index contributed by atoms with van der Waals surface area (Å²) < 4.78 is 5.13. The first-order valence-corrected chi connectivity index (χ1v) is 7.26. The first-order chi connectivity index (χ1) is 12.1. The van der Waals surface area contributed by atoms with Crippen molar-refractivity contribution >= 4 is 23.2 Å². The summed E-state index contributed by atoms with van der Waals surface area (Å²) in [7, 11) is 1.47. The highest BCUT2D eigenvalue weighted by Crippen LogP contribution is 2.23. The van der Waals surface area contributed by atoms with E-state index in [0.717, 1.165) is 6.20 Å². The van der Waals surface area contributed by atoms with Crippen molar-refractivity contribution in [2.45, 2.75) is 0 Å². The van der Waals surface area contributed by atoms with Crippen LogP contribution in [0.4, 0.5) is 11.4 Å². The number of amides is 2. The quantitative estimate of drug-likeness (QED) is 0.439. The summed E-state index contributed by atoms with van der Waals surface area (Å²) in [5.41, 5.74) is 6.40. The van der Waals surface area contributed by atoms with Crippen molar-refractivity contribution < 1.29 is 14.3 Å². The van der Waals surface area contributed by atoms with Crippen molar-refractivity contribution in [2.75, 3.05) is 18.2 Å². The first-order valence-electron chi connectivity index (χ1n) is 7.26. The molecule has 0 heterocycles. The van der Waals surface area contributed by atoms with Crippen LogP contribution in [0.15, 0.2) is 60.3 Å². The molecular formula is C18H16N4O3. The van der Waals surface area contributed by atoms with Gasteiger partial charge in [0, 0.05) is 11.9 Å². The number of para-hydroxylation sites is 3. The molecule has 0 aromatic heterocycles. The van der Waals surface area contributed by atoms with Gasteiger partial charge >= 0.3 is 0 Å². The van der Waals surface area contributed by atoms with Gasteiger partial charge in [-0.3, -0.25) is 9.59 Å². The number of nitriles is 1. The van der Waals surface area contributed by atoms with Crippen LogP contribution in [0.25, 0.3) is 0 Å². The highest BCUT2D eigenvalue weighted by molar-refractivity contribution is 6.08. The molecule has 0 aliphatic rings. The van der Waals surface area contributed by atoms with Crippen molar-refractivity contribution in [1.29, 1.82) is 5.26 Å². The predicted molar refractivity (Wildman–Crippen MR) is 93.6 cm³/mol. The molecule has 2 amide bonds. The summed E-state index contributed by atoms with van der Waals surface area (Å²) in [5, 5.41) is 14.1. The maximum atomic E-state index is 12.2. The van der Waals surface area contributed by atoms with Gasteiger partial charge in [-0.1, -0.05) is 24.3 Å². The van der Waals surface area contributed by atoms with Crippen LogP contribution in [0.2, 0.25) is 0 Å². The van der Waals surface area contributed by atoms with Crippen LogP contribution < -0.4 is 21.1 Å². The molecule has 0 aliphatic carbocycles. The van der Waals surface area contributed by atoms with Gasteiger partial charge in [0.1, 0.15) is 17.4 Å². The maximum Gasteiger partial charge on any atom is 0.267 e. The fraction of sp³-hybridized carbons (Fsp3) is 0.0556. The summed E-state index contributed by atoms with van der Waals surface area (Å²) in [6.07, 6.45) is 1.04. The van der Waals surface area contributed by atoms with E-state index in [4.69, 9.17) is 15.7 Å². The van der Waals surface area contributed by atoms with Crippen LogP contribution in [0, 0.1) is 11.3 Å². The summed E-state index contributed by atoms with van der Waals surface area (Å²) in [4.78, 5) is 24.3. The van der Waals surface area contributed by atoms with Crippen LogP contribution in [0.1, 0.15) is 10.4 Å². The summed E-state index contributed by atoms with van der Waals surface area (Å²) in [6, 6.07) is 15.0. The standard InChI is InChI=1S/C18H16N4O3/c1-25-16-9-5-4-8-15(16)22-17(23)12(10-19)11-21-18(24)13-6-2-3-7-14(13)20/h2-9,11H,20H2,1H3,(H,21,24)(H,22,23)/b12-11-. The van der Waals surface area contributed by atoms with Gasteiger partial charge in [-0.25, -0.2) is 0 Å². The Balaban J connectivity index is 2.12. The smallest absolute Gasteiger partial charge is 0.267 e. The van der Waals surface area contributed by atoms with Crippen LogP contribution in [-0.4, -0.2) is 18.9 Å². The lowest BCUT2D eigenvalue weighted by Crippen LogP contribution is -2.22. The van der Waals surface area contributed by atoms with Gasteiger partial charge in [-0.15, -0.1) is 0 Å². The van der Waals surface area contributed by atoms with E-state index < -0.39 is 11.8 Å². The molecule has 0 bridgehead atoms. The highest BCUT2D eigenvalue weighted by Gasteiger charge is 2.13. The maximum absolute atomic E-state index is 12.2. The van der Waals surface area contributed by atoms with Crippen molar-refractivity contribution in [1.82, 2.24) is 5.32 Å². The average Bonchev–Trinajstić information content (AvgIpc) is 2.63. The zero-order chi connectivity index (χ0) is 18.2. The van der Waals surface area contributed by atoms with E-state index >= 15 is 0 Å². The molecule has 4 N–H and O–H groups in total. The van der Waals surface area contributed by atoms with E-state index in [-0.39, 0.29) is 11.1 Å². The zero-order valence-corrected chi connectivity index (χ0v) is 13.4. The van der Waals surface area contributed by atoms with E-state index in [2.05, 4.69) is 10.6 Å². The molecule has 2 rings (SSSR count).